The number of hydrogen-bond donors (Lipinski definition) is 0. The van der Waals surface area contributed by atoms with Gasteiger partial charge in [-0.2, -0.15) is 5.10 Å². The molecule has 0 amide bonds. The third-order valence-corrected chi connectivity index (χ3v) is 4.23. The molecule has 0 aliphatic rings. The zero-order valence-corrected chi connectivity index (χ0v) is 12.1. The Bertz CT molecular complexity index is 528. The summed E-state index contributed by atoms with van der Waals surface area (Å²) in [7, 11) is -1.37. The Morgan fingerprint density at radius 2 is 2.00 bits per heavy atom. The average molecular weight is 249 g/mol. The van der Waals surface area contributed by atoms with Crippen LogP contribution in [-0.4, -0.2) is 28.8 Å². The Kier molecular flexibility index (Phi) is 2.95. The Labute approximate surface area is 103 Å². The lowest BCUT2D eigenvalue weighted by atomic mass is 10.5. The molecular weight excluding hydrogens is 230 g/mol. The fourth-order valence-corrected chi connectivity index (χ4v) is 2.53. The quantitative estimate of drug-likeness (QED) is 0.782. The van der Waals surface area contributed by atoms with Gasteiger partial charge in [-0.15, -0.1) is 0 Å². The molecular formula is C12H19N3OSi. The third-order valence-electron chi connectivity index (χ3n) is 2.45. The highest BCUT2D eigenvalue weighted by atomic mass is 28.3. The minimum Gasteiger partial charge on any atom is -0.474 e. The molecule has 4 nitrogen and oxygen atoms in total. The van der Waals surface area contributed by atoms with Crippen molar-refractivity contribution in [2.24, 2.45) is 0 Å². The first-order chi connectivity index (χ1) is 7.86. The van der Waals surface area contributed by atoms with Crippen LogP contribution in [-0.2, 0) is 0 Å². The third kappa shape index (κ3) is 2.66. The van der Waals surface area contributed by atoms with Crippen molar-refractivity contribution >= 4 is 18.9 Å². The molecule has 0 N–H and O–H groups in total. The van der Waals surface area contributed by atoms with E-state index in [1.54, 1.807) is 0 Å². The highest BCUT2D eigenvalue weighted by Gasteiger charge is 2.20. The summed E-state index contributed by atoms with van der Waals surface area (Å²) in [4.78, 5) is 4.27. The van der Waals surface area contributed by atoms with Gasteiger partial charge in [0.05, 0.1) is 24.0 Å². The number of aromatic nitrogens is 3. The van der Waals surface area contributed by atoms with Crippen molar-refractivity contribution in [1.82, 2.24) is 14.6 Å². The molecule has 0 aliphatic heterocycles. The maximum Gasteiger partial charge on any atom is 0.232 e. The zero-order chi connectivity index (χ0) is 12.6. The summed E-state index contributed by atoms with van der Waals surface area (Å²) in [5.41, 5.74) is 1.03. The number of hydrogen-bond acceptors (Lipinski definition) is 3. The fraction of sp³-hybridized carbons (Fsp3) is 0.500. The van der Waals surface area contributed by atoms with Crippen LogP contribution in [0, 0.1) is 0 Å². The van der Waals surface area contributed by atoms with Crippen LogP contribution in [0.5, 0.6) is 5.88 Å². The molecule has 5 heteroatoms. The normalized spacial score (nSPS) is 12.4. The topological polar surface area (TPSA) is 39.4 Å². The molecule has 17 heavy (non-hydrogen) atoms. The summed E-state index contributed by atoms with van der Waals surface area (Å²) in [5, 5.41) is 5.81. The van der Waals surface area contributed by atoms with Crippen molar-refractivity contribution in [2.75, 3.05) is 0 Å². The minimum atomic E-state index is -1.37. The first-order valence-electron chi connectivity index (χ1n) is 5.89. The molecule has 0 saturated carbocycles. The lowest BCUT2D eigenvalue weighted by Gasteiger charge is -2.10. The maximum absolute atomic E-state index is 5.56. The predicted octanol–water partition coefficient (Wildman–Crippen LogP) is 2.06. The second kappa shape index (κ2) is 4.14. The second-order valence-corrected chi connectivity index (χ2v) is 10.6. The lowest BCUT2D eigenvalue weighted by molar-refractivity contribution is 0.231. The summed E-state index contributed by atoms with van der Waals surface area (Å²) in [6, 6.07) is 2.12. The standard InChI is InChI=1S/C12H19N3OSi/c1-9(2)16-11-8-15-10(7-13-11)6-12(14-15)17(3,4)5/h6-9H,1-5H3. The molecule has 0 aliphatic carbocycles. The van der Waals surface area contributed by atoms with Crippen molar-refractivity contribution in [1.29, 1.82) is 0 Å². The van der Waals surface area contributed by atoms with Gasteiger partial charge in [0, 0.05) is 5.32 Å². The smallest absolute Gasteiger partial charge is 0.232 e. The monoisotopic (exact) mass is 249 g/mol. The number of nitrogens with zero attached hydrogens (tertiary/aromatic N) is 3. The molecule has 0 fully saturated rings. The summed E-state index contributed by atoms with van der Waals surface area (Å²) in [6.45, 7) is 10.8. The first kappa shape index (κ1) is 12.1. The highest BCUT2D eigenvalue weighted by molar-refractivity contribution is 6.88. The van der Waals surface area contributed by atoms with Crippen molar-refractivity contribution < 1.29 is 4.74 Å². The van der Waals surface area contributed by atoms with Gasteiger partial charge in [-0.25, -0.2) is 9.50 Å². The van der Waals surface area contributed by atoms with Gasteiger partial charge >= 0.3 is 0 Å². The van der Waals surface area contributed by atoms with Crippen LogP contribution in [0.2, 0.25) is 19.6 Å². The molecule has 2 aromatic heterocycles. The van der Waals surface area contributed by atoms with Crippen molar-refractivity contribution in [3.63, 3.8) is 0 Å². The van der Waals surface area contributed by atoms with Gasteiger partial charge in [-0.1, -0.05) is 19.6 Å². The maximum atomic E-state index is 5.56. The first-order valence-corrected chi connectivity index (χ1v) is 9.39. The van der Waals surface area contributed by atoms with Crippen LogP contribution in [0.4, 0.5) is 0 Å². The summed E-state index contributed by atoms with van der Waals surface area (Å²) < 4.78 is 7.42. The molecule has 0 saturated heterocycles. The Morgan fingerprint density at radius 3 is 2.59 bits per heavy atom. The van der Waals surface area contributed by atoms with Gasteiger partial charge in [0.25, 0.3) is 0 Å². The molecule has 0 bridgehead atoms. The van der Waals surface area contributed by atoms with Crippen LogP contribution in [0.3, 0.4) is 0 Å². The number of rotatable bonds is 3. The van der Waals surface area contributed by atoms with Gasteiger partial charge in [0.1, 0.15) is 8.07 Å². The van der Waals surface area contributed by atoms with Crippen LogP contribution < -0.4 is 10.1 Å². The molecule has 0 spiro atoms. The number of fused-ring (bicyclic) bond motifs is 1. The van der Waals surface area contributed by atoms with E-state index in [9.17, 15) is 0 Å². The van der Waals surface area contributed by atoms with E-state index in [-0.39, 0.29) is 6.10 Å². The largest absolute Gasteiger partial charge is 0.474 e. The molecule has 0 radical (unpaired) electrons. The summed E-state index contributed by atoms with van der Waals surface area (Å²) >= 11 is 0. The Morgan fingerprint density at radius 1 is 1.29 bits per heavy atom. The van der Waals surface area contributed by atoms with Crippen molar-refractivity contribution in [2.45, 2.75) is 39.6 Å². The SMILES string of the molecule is CC(C)Oc1cn2nc([Si](C)(C)C)cc2cn1. The fourth-order valence-electron chi connectivity index (χ4n) is 1.55. The average Bonchev–Trinajstić information content (AvgIpc) is 2.58. The molecule has 92 valence electrons. The van der Waals surface area contributed by atoms with Crippen LogP contribution in [0.1, 0.15) is 13.8 Å². The van der Waals surface area contributed by atoms with Gasteiger partial charge < -0.3 is 4.74 Å². The van der Waals surface area contributed by atoms with E-state index < -0.39 is 8.07 Å². The summed E-state index contributed by atoms with van der Waals surface area (Å²) in [5.74, 6) is 0.623. The second-order valence-electron chi connectivity index (χ2n) is 5.54. The van der Waals surface area contributed by atoms with E-state index in [1.807, 2.05) is 30.8 Å². The van der Waals surface area contributed by atoms with E-state index in [2.05, 4.69) is 35.8 Å². The molecule has 0 aromatic carbocycles. The zero-order valence-electron chi connectivity index (χ0n) is 11.1. The van der Waals surface area contributed by atoms with Crippen LogP contribution in [0.25, 0.3) is 5.52 Å². The molecule has 2 rings (SSSR count). The minimum absolute atomic E-state index is 0.131. The molecule has 2 aromatic rings. The van der Waals surface area contributed by atoms with E-state index in [0.717, 1.165) is 5.52 Å². The van der Waals surface area contributed by atoms with E-state index in [4.69, 9.17) is 4.74 Å². The van der Waals surface area contributed by atoms with Gasteiger partial charge in [-0.3, -0.25) is 0 Å². The van der Waals surface area contributed by atoms with Crippen LogP contribution >= 0.6 is 0 Å². The highest BCUT2D eigenvalue weighted by Crippen LogP contribution is 2.11. The van der Waals surface area contributed by atoms with E-state index >= 15 is 0 Å². The van der Waals surface area contributed by atoms with E-state index in [1.165, 1.54) is 5.32 Å². The molecule has 0 unspecified atom stereocenters. The van der Waals surface area contributed by atoms with Crippen molar-refractivity contribution in [3.8, 4) is 5.88 Å². The summed E-state index contributed by atoms with van der Waals surface area (Å²) in [6.07, 6.45) is 3.79. The van der Waals surface area contributed by atoms with Crippen molar-refractivity contribution in [3.05, 3.63) is 18.5 Å². The molecule has 2 heterocycles. The van der Waals surface area contributed by atoms with Crippen LogP contribution in [0.15, 0.2) is 18.5 Å². The van der Waals surface area contributed by atoms with Gasteiger partial charge in [0.15, 0.2) is 0 Å². The molecule has 0 atom stereocenters. The Balaban J connectivity index is 2.41. The Hall–Kier alpha value is -1.36. The predicted molar refractivity (Wildman–Crippen MR) is 71.7 cm³/mol. The van der Waals surface area contributed by atoms with Gasteiger partial charge in [-0.05, 0) is 19.9 Å². The van der Waals surface area contributed by atoms with Gasteiger partial charge in [0.2, 0.25) is 5.88 Å². The number of ether oxygens (including phenoxy) is 1. The lowest BCUT2D eigenvalue weighted by Crippen LogP contribution is -2.38. The van der Waals surface area contributed by atoms with E-state index in [0.29, 0.717) is 5.88 Å².